The highest BCUT2D eigenvalue weighted by Gasteiger charge is 2.27. The van der Waals surface area contributed by atoms with Gasteiger partial charge in [0.2, 0.25) is 5.91 Å². The van der Waals surface area contributed by atoms with Crippen LogP contribution < -0.4 is 20.1 Å². The van der Waals surface area contributed by atoms with Gasteiger partial charge in [-0.1, -0.05) is 6.07 Å². The van der Waals surface area contributed by atoms with Gasteiger partial charge in [0.25, 0.3) is 0 Å². The molecule has 1 aromatic rings. The molecule has 7 heteroatoms. The highest BCUT2D eigenvalue weighted by atomic mass is 35.5. The van der Waals surface area contributed by atoms with Crippen molar-refractivity contribution in [2.45, 2.75) is 32.5 Å². The molecule has 0 aromatic heterocycles. The summed E-state index contributed by atoms with van der Waals surface area (Å²) < 4.78 is 16.3. The maximum absolute atomic E-state index is 12.2. The van der Waals surface area contributed by atoms with Crippen molar-refractivity contribution in [2.75, 3.05) is 26.9 Å². The van der Waals surface area contributed by atoms with Crippen molar-refractivity contribution in [3.63, 3.8) is 0 Å². The van der Waals surface area contributed by atoms with Crippen LogP contribution in [0.5, 0.6) is 11.5 Å². The quantitative estimate of drug-likeness (QED) is 0.818. The van der Waals surface area contributed by atoms with Crippen molar-refractivity contribution in [3.05, 3.63) is 23.8 Å². The van der Waals surface area contributed by atoms with Crippen LogP contribution in [0.25, 0.3) is 0 Å². The molecule has 1 aliphatic heterocycles. The van der Waals surface area contributed by atoms with E-state index < -0.39 is 0 Å². The minimum absolute atomic E-state index is 0. The largest absolute Gasteiger partial charge is 0.493 e. The van der Waals surface area contributed by atoms with Gasteiger partial charge in [0.05, 0.1) is 26.4 Å². The van der Waals surface area contributed by atoms with Gasteiger partial charge in [-0.2, -0.15) is 0 Å². The van der Waals surface area contributed by atoms with Gasteiger partial charge in [0, 0.05) is 13.1 Å². The van der Waals surface area contributed by atoms with Gasteiger partial charge in [-0.25, -0.2) is 0 Å². The van der Waals surface area contributed by atoms with Crippen molar-refractivity contribution in [1.29, 1.82) is 0 Å². The molecule has 1 aromatic carbocycles. The Labute approximate surface area is 143 Å². The summed E-state index contributed by atoms with van der Waals surface area (Å²) in [7, 11) is 1.61. The molecule has 130 valence electrons. The molecule has 2 N–H and O–H groups in total. The Morgan fingerprint density at radius 1 is 1.43 bits per heavy atom. The summed E-state index contributed by atoms with van der Waals surface area (Å²) in [5, 5.41) is 6.10. The SMILES string of the molecule is CCOc1cc(CNC(=O)[C@H]2NCCO[C@@H]2C)ccc1OC.Cl. The molecule has 1 heterocycles. The van der Waals surface area contributed by atoms with Crippen LogP contribution in [0.2, 0.25) is 0 Å². The second-order valence-corrected chi connectivity index (χ2v) is 5.14. The first-order valence-electron chi connectivity index (χ1n) is 7.58. The number of hydrogen-bond acceptors (Lipinski definition) is 5. The van der Waals surface area contributed by atoms with E-state index in [0.717, 1.165) is 5.56 Å². The average molecular weight is 345 g/mol. The zero-order valence-corrected chi connectivity index (χ0v) is 14.6. The number of rotatable bonds is 6. The van der Waals surface area contributed by atoms with Gasteiger partial charge in [-0.3, -0.25) is 4.79 Å². The van der Waals surface area contributed by atoms with Crippen molar-refractivity contribution in [2.24, 2.45) is 0 Å². The van der Waals surface area contributed by atoms with Gasteiger partial charge >= 0.3 is 0 Å². The molecule has 6 nitrogen and oxygen atoms in total. The van der Waals surface area contributed by atoms with Crippen LogP contribution in [0, 0.1) is 0 Å². The van der Waals surface area contributed by atoms with Crippen LogP contribution in [-0.2, 0) is 16.1 Å². The number of benzene rings is 1. The van der Waals surface area contributed by atoms with E-state index in [-0.39, 0.29) is 30.5 Å². The second-order valence-electron chi connectivity index (χ2n) is 5.14. The third-order valence-electron chi connectivity index (χ3n) is 3.59. The molecule has 2 atom stereocenters. The molecule has 2 rings (SSSR count). The van der Waals surface area contributed by atoms with E-state index in [1.807, 2.05) is 32.0 Å². The first-order valence-corrected chi connectivity index (χ1v) is 7.58. The molecule has 0 bridgehead atoms. The van der Waals surface area contributed by atoms with E-state index in [2.05, 4.69) is 10.6 Å². The number of methoxy groups -OCH3 is 1. The van der Waals surface area contributed by atoms with Crippen LogP contribution in [0.3, 0.4) is 0 Å². The first-order chi connectivity index (χ1) is 10.7. The lowest BCUT2D eigenvalue weighted by atomic mass is 10.1. The molecule has 1 aliphatic rings. The molecule has 0 spiro atoms. The Morgan fingerprint density at radius 3 is 2.87 bits per heavy atom. The Morgan fingerprint density at radius 2 is 2.22 bits per heavy atom. The number of carbonyl (C=O) groups is 1. The van der Waals surface area contributed by atoms with Crippen LogP contribution >= 0.6 is 12.4 Å². The smallest absolute Gasteiger partial charge is 0.240 e. The number of amides is 1. The molecule has 0 saturated carbocycles. The minimum Gasteiger partial charge on any atom is -0.493 e. The Kier molecular flexibility index (Phi) is 8.16. The summed E-state index contributed by atoms with van der Waals surface area (Å²) in [6.45, 7) is 6.16. The van der Waals surface area contributed by atoms with Gasteiger partial charge in [0.15, 0.2) is 11.5 Å². The lowest BCUT2D eigenvalue weighted by Gasteiger charge is -2.29. The summed E-state index contributed by atoms with van der Waals surface area (Å²) in [4.78, 5) is 12.2. The monoisotopic (exact) mass is 344 g/mol. The fourth-order valence-corrected chi connectivity index (χ4v) is 2.43. The van der Waals surface area contributed by atoms with Crippen molar-refractivity contribution >= 4 is 18.3 Å². The number of nitrogens with one attached hydrogen (secondary N) is 2. The van der Waals surface area contributed by atoms with Gasteiger partial charge < -0.3 is 24.8 Å². The van der Waals surface area contributed by atoms with Gasteiger partial charge in [-0.15, -0.1) is 12.4 Å². The lowest BCUT2D eigenvalue weighted by Crippen LogP contribution is -2.55. The number of ether oxygens (including phenoxy) is 3. The van der Waals surface area contributed by atoms with Crippen LogP contribution in [0.1, 0.15) is 19.4 Å². The lowest BCUT2D eigenvalue weighted by molar-refractivity contribution is -0.129. The van der Waals surface area contributed by atoms with Gasteiger partial charge in [0.1, 0.15) is 6.04 Å². The van der Waals surface area contributed by atoms with Crippen molar-refractivity contribution in [1.82, 2.24) is 10.6 Å². The van der Waals surface area contributed by atoms with Crippen molar-refractivity contribution < 1.29 is 19.0 Å². The third-order valence-corrected chi connectivity index (χ3v) is 3.59. The molecular formula is C16H25ClN2O4. The number of morpholine rings is 1. The fraction of sp³-hybridized carbons (Fsp3) is 0.562. The predicted molar refractivity (Wildman–Crippen MR) is 90.5 cm³/mol. The van der Waals surface area contributed by atoms with E-state index in [1.165, 1.54) is 0 Å². The zero-order valence-electron chi connectivity index (χ0n) is 13.8. The van der Waals surface area contributed by atoms with Gasteiger partial charge in [-0.05, 0) is 31.5 Å². The molecule has 1 saturated heterocycles. The van der Waals surface area contributed by atoms with Crippen LogP contribution in [0.4, 0.5) is 0 Å². The molecule has 0 aliphatic carbocycles. The zero-order chi connectivity index (χ0) is 15.9. The Hall–Kier alpha value is -1.50. The molecule has 0 unspecified atom stereocenters. The van der Waals surface area contributed by atoms with E-state index in [0.29, 0.717) is 37.8 Å². The Bertz CT molecular complexity index is 513. The van der Waals surface area contributed by atoms with Crippen LogP contribution in [0.15, 0.2) is 18.2 Å². The maximum atomic E-state index is 12.2. The van der Waals surface area contributed by atoms with Crippen LogP contribution in [-0.4, -0.2) is 44.9 Å². The number of hydrogen-bond donors (Lipinski definition) is 2. The number of halogens is 1. The maximum Gasteiger partial charge on any atom is 0.240 e. The summed E-state index contributed by atoms with van der Waals surface area (Å²) in [6, 6.07) is 5.34. The third kappa shape index (κ3) is 5.27. The first kappa shape index (κ1) is 19.5. The summed E-state index contributed by atoms with van der Waals surface area (Å²) >= 11 is 0. The summed E-state index contributed by atoms with van der Waals surface area (Å²) in [6.07, 6.45) is -0.122. The topological polar surface area (TPSA) is 68.8 Å². The van der Waals surface area contributed by atoms with E-state index in [9.17, 15) is 4.79 Å². The fourth-order valence-electron chi connectivity index (χ4n) is 2.43. The average Bonchev–Trinajstić information content (AvgIpc) is 2.53. The standard InChI is InChI=1S/C16H24N2O4.ClH/c1-4-21-14-9-12(5-6-13(14)20-3)10-18-16(19)15-11(2)22-8-7-17-15;/h5-6,9,11,15,17H,4,7-8,10H2,1-3H3,(H,18,19);1H/t11-,15+;/m1./s1. The summed E-state index contributed by atoms with van der Waals surface area (Å²) in [5.74, 6) is 1.32. The van der Waals surface area contributed by atoms with E-state index in [1.54, 1.807) is 7.11 Å². The molecule has 0 radical (unpaired) electrons. The van der Waals surface area contributed by atoms with E-state index >= 15 is 0 Å². The minimum atomic E-state index is -0.307. The number of carbonyl (C=O) groups excluding carboxylic acids is 1. The highest BCUT2D eigenvalue weighted by molar-refractivity contribution is 5.85. The molecule has 1 amide bonds. The highest BCUT2D eigenvalue weighted by Crippen LogP contribution is 2.27. The van der Waals surface area contributed by atoms with E-state index in [4.69, 9.17) is 14.2 Å². The van der Waals surface area contributed by atoms with Crippen molar-refractivity contribution in [3.8, 4) is 11.5 Å². The molecular weight excluding hydrogens is 320 g/mol. The normalized spacial score (nSPS) is 20.3. The molecule has 1 fully saturated rings. The summed E-state index contributed by atoms with van der Waals surface area (Å²) in [5.41, 5.74) is 0.960. The second kappa shape index (κ2) is 9.60. The Balaban J connectivity index is 0.00000264. The molecule has 23 heavy (non-hydrogen) atoms. The predicted octanol–water partition coefficient (Wildman–Crippen LogP) is 1.51.